The highest BCUT2D eigenvalue weighted by molar-refractivity contribution is 9.10. The Morgan fingerprint density at radius 2 is 2.12 bits per heavy atom. The molecule has 0 unspecified atom stereocenters. The molecule has 1 aromatic carbocycles. The molecule has 0 saturated heterocycles. The van der Waals surface area contributed by atoms with Crippen LogP contribution in [0.4, 0.5) is 0 Å². The molecule has 0 fully saturated rings. The zero-order chi connectivity index (χ0) is 12.4. The molecule has 0 atom stereocenters. The quantitative estimate of drug-likeness (QED) is 0.946. The van der Waals surface area contributed by atoms with Crippen molar-refractivity contribution in [3.63, 3.8) is 0 Å². The molecule has 90 valence electrons. The van der Waals surface area contributed by atoms with Gasteiger partial charge in [0.15, 0.2) is 0 Å². The van der Waals surface area contributed by atoms with Gasteiger partial charge >= 0.3 is 0 Å². The van der Waals surface area contributed by atoms with Crippen molar-refractivity contribution in [3.05, 3.63) is 40.1 Å². The lowest BCUT2D eigenvalue weighted by atomic mass is 10.0. The summed E-state index contributed by atoms with van der Waals surface area (Å²) in [6.45, 7) is 5.49. The van der Waals surface area contributed by atoms with Crippen molar-refractivity contribution in [2.45, 2.75) is 20.4 Å². The Kier molecular flexibility index (Phi) is 3.64. The maximum atomic E-state index is 5.54. The summed E-state index contributed by atoms with van der Waals surface area (Å²) in [4.78, 5) is 0. The van der Waals surface area contributed by atoms with Gasteiger partial charge in [0.25, 0.3) is 0 Å². The minimum atomic E-state index is 0.611. The second kappa shape index (κ2) is 5.02. The minimum absolute atomic E-state index is 0.611. The van der Waals surface area contributed by atoms with Crippen molar-refractivity contribution >= 4 is 15.9 Å². The summed E-state index contributed by atoms with van der Waals surface area (Å²) >= 11 is 3.51. The van der Waals surface area contributed by atoms with Crippen LogP contribution in [-0.4, -0.2) is 16.3 Å². The first-order valence-corrected chi connectivity index (χ1v) is 6.41. The van der Waals surface area contributed by atoms with Crippen LogP contribution >= 0.6 is 15.9 Å². The van der Waals surface area contributed by atoms with Crippen LogP contribution in [0.5, 0.6) is 0 Å². The van der Waals surface area contributed by atoms with Crippen molar-refractivity contribution < 1.29 is 0 Å². The van der Waals surface area contributed by atoms with E-state index in [0.717, 1.165) is 16.7 Å². The molecule has 2 rings (SSSR count). The molecule has 0 spiro atoms. The van der Waals surface area contributed by atoms with Gasteiger partial charge in [-0.1, -0.05) is 28.1 Å². The molecule has 0 amide bonds. The van der Waals surface area contributed by atoms with Crippen LogP contribution in [-0.2, 0) is 6.54 Å². The maximum Gasteiger partial charge on any atom is 0.0672 e. The van der Waals surface area contributed by atoms with Gasteiger partial charge in [-0.25, -0.2) is 0 Å². The Hall–Kier alpha value is -1.13. The molecule has 0 radical (unpaired) electrons. The second-order valence-electron chi connectivity index (χ2n) is 4.14. The monoisotopic (exact) mass is 293 g/mol. The van der Waals surface area contributed by atoms with E-state index in [-0.39, 0.29) is 0 Å². The highest BCUT2D eigenvalue weighted by Gasteiger charge is 2.08. The van der Waals surface area contributed by atoms with E-state index in [4.69, 9.17) is 5.73 Å². The first-order chi connectivity index (χ1) is 8.11. The van der Waals surface area contributed by atoms with E-state index in [1.54, 1.807) is 0 Å². The third kappa shape index (κ3) is 2.58. The molecule has 0 aliphatic carbocycles. The van der Waals surface area contributed by atoms with E-state index in [0.29, 0.717) is 6.54 Å². The molecule has 0 aliphatic heterocycles. The maximum absolute atomic E-state index is 5.54. The lowest BCUT2D eigenvalue weighted by Crippen LogP contribution is -2.10. The van der Waals surface area contributed by atoms with Crippen LogP contribution in [0.3, 0.4) is 0 Å². The van der Waals surface area contributed by atoms with Crippen molar-refractivity contribution in [2.75, 3.05) is 6.54 Å². The fourth-order valence-corrected chi connectivity index (χ4v) is 2.11. The second-order valence-corrected chi connectivity index (χ2v) is 5.00. The van der Waals surface area contributed by atoms with Crippen LogP contribution in [0.15, 0.2) is 28.9 Å². The Balaban J connectivity index is 2.41. The highest BCUT2D eigenvalue weighted by Crippen LogP contribution is 2.26. The molecule has 1 aromatic heterocycles. The van der Waals surface area contributed by atoms with Crippen LogP contribution in [0.25, 0.3) is 11.1 Å². The normalized spacial score (nSPS) is 10.8. The van der Waals surface area contributed by atoms with Gasteiger partial charge in [0.2, 0.25) is 0 Å². The fourth-order valence-electron chi connectivity index (χ4n) is 1.86. The third-order valence-corrected chi connectivity index (χ3v) is 3.66. The minimum Gasteiger partial charge on any atom is -0.329 e. The summed E-state index contributed by atoms with van der Waals surface area (Å²) in [7, 11) is 0. The van der Waals surface area contributed by atoms with Gasteiger partial charge in [0.1, 0.15) is 0 Å². The van der Waals surface area contributed by atoms with E-state index in [2.05, 4.69) is 52.3 Å². The number of aryl methyl sites for hydroxylation is 2. The summed E-state index contributed by atoms with van der Waals surface area (Å²) in [5.74, 6) is 0. The summed E-state index contributed by atoms with van der Waals surface area (Å²) in [6.07, 6.45) is 2.06. The molecule has 2 aromatic rings. The lowest BCUT2D eigenvalue weighted by Gasteiger charge is -2.02. The van der Waals surface area contributed by atoms with Crippen molar-refractivity contribution in [2.24, 2.45) is 5.73 Å². The van der Waals surface area contributed by atoms with Gasteiger partial charge < -0.3 is 5.73 Å². The molecular formula is C13H16BrN3. The van der Waals surface area contributed by atoms with Crippen LogP contribution in [0, 0.1) is 13.8 Å². The Morgan fingerprint density at radius 1 is 1.35 bits per heavy atom. The Labute approximate surface area is 110 Å². The Morgan fingerprint density at radius 3 is 2.76 bits per heavy atom. The average Bonchev–Trinajstić information content (AvgIpc) is 2.64. The Bertz CT molecular complexity index is 531. The van der Waals surface area contributed by atoms with E-state index >= 15 is 0 Å². The molecule has 0 bridgehead atoms. The van der Waals surface area contributed by atoms with E-state index in [1.807, 2.05) is 11.6 Å². The van der Waals surface area contributed by atoms with Crippen molar-refractivity contribution in [3.8, 4) is 11.1 Å². The van der Waals surface area contributed by atoms with Crippen molar-refractivity contribution in [1.82, 2.24) is 9.78 Å². The first kappa shape index (κ1) is 12.3. The standard InChI is InChI=1S/C13H16BrN3/c1-9-7-11(3-4-13(9)14)12-8-17(6-5-15)16-10(12)2/h3-4,7-8H,5-6,15H2,1-2H3. The number of rotatable bonds is 3. The van der Waals surface area contributed by atoms with Crippen LogP contribution in [0.1, 0.15) is 11.3 Å². The van der Waals surface area contributed by atoms with Crippen molar-refractivity contribution in [1.29, 1.82) is 0 Å². The number of benzene rings is 1. The number of aromatic nitrogens is 2. The van der Waals surface area contributed by atoms with E-state index in [9.17, 15) is 0 Å². The predicted octanol–water partition coefficient (Wildman–Crippen LogP) is 2.89. The number of nitrogens with zero attached hydrogens (tertiary/aromatic N) is 2. The van der Waals surface area contributed by atoms with Gasteiger partial charge in [-0.15, -0.1) is 0 Å². The molecule has 4 heteroatoms. The third-order valence-electron chi connectivity index (χ3n) is 2.77. The highest BCUT2D eigenvalue weighted by atomic mass is 79.9. The van der Waals surface area contributed by atoms with Gasteiger partial charge in [-0.3, -0.25) is 4.68 Å². The number of nitrogens with two attached hydrogens (primary N) is 1. The zero-order valence-corrected chi connectivity index (χ0v) is 11.7. The SMILES string of the molecule is Cc1cc(-c2cn(CCN)nc2C)ccc1Br. The molecular weight excluding hydrogens is 278 g/mol. The molecule has 3 nitrogen and oxygen atoms in total. The van der Waals surface area contributed by atoms with Gasteiger partial charge in [-0.2, -0.15) is 5.10 Å². The number of halogens is 1. The molecule has 0 aliphatic rings. The van der Waals surface area contributed by atoms with Gasteiger partial charge in [0, 0.05) is 22.8 Å². The van der Waals surface area contributed by atoms with Crippen LogP contribution < -0.4 is 5.73 Å². The zero-order valence-electron chi connectivity index (χ0n) is 10.1. The van der Waals surface area contributed by atoms with E-state index < -0.39 is 0 Å². The number of hydrogen-bond donors (Lipinski definition) is 1. The number of hydrogen-bond acceptors (Lipinski definition) is 2. The topological polar surface area (TPSA) is 43.8 Å². The summed E-state index contributed by atoms with van der Waals surface area (Å²) < 4.78 is 3.04. The fraction of sp³-hybridized carbons (Fsp3) is 0.308. The van der Waals surface area contributed by atoms with E-state index in [1.165, 1.54) is 16.7 Å². The average molecular weight is 294 g/mol. The first-order valence-electron chi connectivity index (χ1n) is 5.62. The molecule has 17 heavy (non-hydrogen) atoms. The summed E-state index contributed by atoms with van der Waals surface area (Å²) in [5, 5.41) is 4.45. The smallest absolute Gasteiger partial charge is 0.0672 e. The predicted molar refractivity (Wildman–Crippen MR) is 73.9 cm³/mol. The van der Waals surface area contributed by atoms with Crippen LogP contribution in [0.2, 0.25) is 0 Å². The summed E-state index contributed by atoms with van der Waals surface area (Å²) in [6, 6.07) is 6.35. The lowest BCUT2D eigenvalue weighted by molar-refractivity contribution is 0.620. The molecule has 0 saturated carbocycles. The molecule has 1 heterocycles. The van der Waals surface area contributed by atoms with Gasteiger partial charge in [0.05, 0.1) is 12.2 Å². The largest absolute Gasteiger partial charge is 0.329 e. The summed E-state index contributed by atoms with van der Waals surface area (Å²) in [5.41, 5.74) is 10.2. The van der Waals surface area contributed by atoms with Gasteiger partial charge in [-0.05, 0) is 31.0 Å². The molecule has 2 N–H and O–H groups in total.